The lowest BCUT2D eigenvalue weighted by molar-refractivity contribution is -0.137. The van der Waals surface area contributed by atoms with Crippen LogP contribution in [0.25, 0.3) is 0 Å². The van der Waals surface area contributed by atoms with Crippen LogP contribution in [0.3, 0.4) is 0 Å². The molecule has 1 aromatic rings. The van der Waals surface area contributed by atoms with E-state index in [1.165, 1.54) is 31.2 Å². The number of halogens is 1. The third-order valence-electron chi connectivity index (χ3n) is 2.93. The second-order valence-corrected chi connectivity index (χ2v) is 5.12. The van der Waals surface area contributed by atoms with E-state index in [1.807, 2.05) is 6.92 Å². The predicted octanol–water partition coefficient (Wildman–Crippen LogP) is 2.68. The van der Waals surface area contributed by atoms with Gasteiger partial charge in [0.2, 0.25) is 0 Å². The van der Waals surface area contributed by atoms with E-state index in [4.69, 9.17) is 26.2 Å². The second-order valence-electron chi connectivity index (χ2n) is 4.71. The molecule has 1 amide bonds. The number of methoxy groups -OCH3 is 1. The number of aliphatic carboxylic acids is 1. The summed E-state index contributed by atoms with van der Waals surface area (Å²) in [7, 11) is 3.00. The summed E-state index contributed by atoms with van der Waals surface area (Å²) in [5, 5.41) is 8.94. The van der Waals surface area contributed by atoms with Crippen molar-refractivity contribution in [2.75, 3.05) is 27.3 Å². The maximum absolute atomic E-state index is 12.3. The minimum Gasteiger partial charge on any atom is -0.493 e. The molecule has 1 N–H and O–H groups in total. The number of nitrogens with zero attached hydrogens (tertiary/aromatic N) is 1. The lowest BCUT2D eigenvalue weighted by Gasteiger charge is -2.18. The zero-order valence-corrected chi connectivity index (χ0v) is 13.6. The first-order valence-electron chi connectivity index (χ1n) is 6.88. The number of carbonyl (C=O) groups excluding carboxylic acids is 1. The molecule has 122 valence electrons. The van der Waals surface area contributed by atoms with Gasteiger partial charge in [-0.1, -0.05) is 18.5 Å². The Bertz CT molecular complexity index is 547. The molecule has 7 heteroatoms. The van der Waals surface area contributed by atoms with Gasteiger partial charge in [-0.2, -0.15) is 0 Å². The summed E-state index contributed by atoms with van der Waals surface area (Å²) in [6.07, 6.45) is 0.697. The van der Waals surface area contributed by atoms with Crippen LogP contribution >= 0.6 is 11.6 Å². The molecule has 0 saturated heterocycles. The van der Waals surface area contributed by atoms with E-state index in [9.17, 15) is 9.59 Å². The second kappa shape index (κ2) is 8.48. The highest BCUT2D eigenvalue weighted by atomic mass is 35.5. The normalized spacial score (nSPS) is 10.2. The van der Waals surface area contributed by atoms with Crippen LogP contribution in [-0.2, 0) is 4.79 Å². The van der Waals surface area contributed by atoms with E-state index in [-0.39, 0.29) is 23.9 Å². The largest absolute Gasteiger partial charge is 0.493 e. The van der Waals surface area contributed by atoms with Gasteiger partial charge in [0.05, 0.1) is 25.2 Å². The van der Waals surface area contributed by atoms with Crippen molar-refractivity contribution in [3.05, 3.63) is 22.7 Å². The number of hydrogen-bond donors (Lipinski definition) is 1. The summed E-state index contributed by atoms with van der Waals surface area (Å²) < 4.78 is 10.7. The number of rotatable bonds is 8. The van der Waals surface area contributed by atoms with E-state index >= 15 is 0 Å². The highest BCUT2D eigenvalue weighted by Crippen LogP contribution is 2.36. The molecule has 0 aromatic heterocycles. The Morgan fingerprint density at radius 2 is 2.05 bits per heavy atom. The average molecular weight is 330 g/mol. The van der Waals surface area contributed by atoms with Crippen molar-refractivity contribution in [1.29, 1.82) is 0 Å². The molecule has 0 aliphatic carbocycles. The highest BCUT2D eigenvalue weighted by molar-refractivity contribution is 6.32. The standard InChI is InChI=1S/C15H20ClNO5/c1-4-7-22-14-11(16)8-10(9-12(14)21-3)15(20)17(2)6-5-13(18)19/h8-9H,4-7H2,1-3H3,(H,18,19). The zero-order valence-electron chi connectivity index (χ0n) is 12.9. The summed E-state index contributed by atoms with van der Waals surface area (Å²) in [6, 6.07) is 3.03. The summed E-state index contributed by atoms with van der Waals surface area (Å²) in [5.41, 5.74) is 0.318. The molecule has 0 spiro atoms. The summed E-state index contributed by atoms with van der Waals surface area (Å²) in [5.74, 6) is -0.520. The maximum atomic E-state index is 12.3. The first-order valence-corrected chi connectivity index (χ1v) is 7.26. The van der Waals surface area contributed by atoms with Gasteiger partial charge in [0.25, 0.3) is 5.91 Å². The Morgan fingerprint density at radius 3 is 2.59 bits per heavy atom. The van der Waals surface area contributed by atoms with Crippen molar-refractivity contribution in [1.82, 2.24) is 4.90 Å². The van der Waals surface area contributed by atoms with Gasteiger partial charge in [-0.05, 0) is 18.6 Å². The van der Waals surface area contributed by atoms with Crippen LogP contribution in [0.15, 0.2) is 12.1 Å². The SMILES string of the molecule is CCCOc1c(Cl)cc(C(=O)N(C)CCC(=O)O)cc1OC. The van der Waals surface area contributed by atoms with E-state index in [2.05, 4.69) is 0 Å². The molecule has 0 heterocycles. The van der Waals surface area contributed by atoms with Crippen LogP contribution in [0.4, 0.5) is 0 Å². The third-order valence-corrected chi connectivity index (χ3v) is 3.22. The van der Waals surface area contributed by atoms with Crippen LogP contribution in [0.1, 0.15) is 30.1 Å². The third kappa shape index (κ3) is 4.80. The Kier molecular flexibility index (Phi) is 6.98. The number of amides is 1. The number of carboxylic acid groups (broad SMARTS) is 1. The van der Waals surface area contributed by atoms with Crippen molar-refractivity contribution in [2.45, 2.75) is 19.8 Å². The smallest absolute Gasteiger partial charge is 0.305 e. The topological polar surface area (TPSA) is 76.1 Å². The van der Waals surface area contributed by atoms with Gasteiger partial charge in [0, 0.05) is 19.2 Å². The van der Waals surface area contributed by atoms with E-state index < -0.39 is 5.97 Å². The molecule has 0 bridgehead atoms. The van der Waals surface area contributed by atoms with Crippen molar-refractivity contribution in [2.24, 2.45) is 0 Å². The molecule has 22 heavy (non-hydrogen) atoms. The summed E-state index contributed by atoms with van der Waals surface area (Å²) in [6.45, 7) is 2.57. The molecular formula is C15H20ClNO5. The van der Waals surface area contributed by atoms with Gasteiger partial charge < -0.3 is 19.5 Å². The van der Waals surface area contributed by atoms with Gasteiger partial charge in [0.15, 0.2) is 11.5 Å². The van der Waals surface area contributed by atoms with Gasteiger partial charge in [-0.3, -0.25) is 9.59 Å². The molecule has 0 aliphatic heterocycles. The quantitative estimate of drug-likeness (QED) is 0.793. The fraction of sp³-hybridized carbons (Fsp3) is 0.467. The predicted molar refractivity (Wildman–Crippen MR) is 83.0 cm³/mol. The van der Waals surface area contributed by atoms with Crippen LogP contribution < -0.4 is 9.47 Å². The van der Waals surface area contributed by atoms with Crippen molar-refractivity contribution in [3.63, 3.8) is 0 Å². The number of hydrogen-bond acceptors (Lipinski definition) is 4. The van der Waals surface area contributed by atoms with Crippen molar-refractivity contribution >= 4 is 23.5 Å². The van der Waals surface area contributed by atoms with Gasteiger partial charge in [-0.15, -0.1) is 0 Å². The molecule has 0 unspecified atom stereocenters. The van der Waals surface area contributed by atoms with Crippen LogP contribution in [-0.4, -0.2) is 49.2 Å². The first kappa shape index (κ1) is 18.1. The minimum absolute atomic E-state index is 0.113. The van der Waals surface area contributed by atoms with Crippen molar-refractivity contribution < 1.29 is 24.2 Å². The molecule has 0 radical (unpaired) electrons. The number of ether oxygens (including phenoxy) is 2. The number of carboxylic acids is 1. The van der Waals surface area contributed by atoms with Crippen LogP contribution in [0.2, 0.25) is 5.02 Å². The van der Waals surface area contributed by atoms with Crippen LogP contribution in [0.5, 0.6) is 11.5 Å². The Labute approximate surface area is 134 Å². The molecule has 0 aliphatic rings. The molecule has 1 aromatic carbocycles. The summed E-state index contributed by atoms with van der Waals surface area (Å²) >= 11 is 6.16. The minimum atomic E-state index is -0.960. The highest BCUT2D eigenvalue weighted by Gasteiger charge is 2.18. The van der Waals surface area contributed by atoms with E-state index in [0.717, 1.165) is 6.42 Å². The van der Waals surface area contributed by atoms with Gasteiger partial charge >= 0.3 is 5.97 Å². The van der Waals surface area contributed by atoms with E-state index in [1.54, 1.807) is 0 Å². The zero-order chi connectivity index (χ0) is 16.7. The first-order chi connectivity index (χ1) is 10.4. The van der Waals surface area contributed by atoms with Crippen molar-refractivity contribution in [3.8, 4) is 11.5 Å². The lowest BCUT2D eigenvalue weighted by atomic mass is 10.1. The Hall–Kier alpha value is -1.95. The molecule has 0 fully saturated rings. The van der Waals surface area contributed by atoms with Gasteiger partial charge in [0.1, 0.15) is 0 Å². The Morgan fingerprint density at radius 1 is 1.36 bits per heavy atom. The molecule has 0 atom stereocenters. The fourth-order valence-electron chi connectivity index (χ4n) is 1.77. The monoisotopic (exact) mass is 329 g/mol. The molecule has 6 nitrogen and oxygen atoms in total. The lowest BCUT2D eigenvalue weighted by Crippen LogP contribution is -2.29. The van der Waals surface area contributed by atoms with Crippen LogP contribution in [0, 0.1) is 0 Å². The Balaban J connectivity index is 2.98. The van der Waals surface area contributed by atoms with Gasteiger partial charge in [-0.25, -0.2) is 0 Å². The summed E-state index contributed by atoms with van der Waals surface area (Å²) in [4.78, 5) is 24.2. The fourth-order valence-corrected chi connectivity index (χ4v) is 2.04. The number of carbonyl (C=O) groups is 2. The molecule has 0 saturated carbocycles. The molecular weight excluding hydrogens is 310 g/mol. The average Bonchev–Trinajstić information content (AvgIpc) is 2.49. The molecule has 1 rings (SSSR count). The number of benzene rings is 1. The van der Waals surface area contributed by atoms with E-state index in [0.29, 0.717) is 23.7 Å². The maximum Gasteiger partial charge on any atom is 0.305 e.